The van der Waals surface area contributed by atoms with E-state index in [2.05, 4.69) is 0 Å². The van der Waals surface area contributed by atoms with Crippen LogP contribution in [0, 0.1) is 0 Å². The molecule has 0 spiro atoms. The van der Waals surface area contributed by atoms with Gasteiger partial charge in [-0.25, -0.2) is 0 Å². The fourth-order valence-corrected chi connectivity index (χ4v) is 4.28. The van der Waals surface area contributed by atoms with E-state index in [-0.39, 0.29) is 35.9 Å². The summed E-state index contributed by atoms with van der Waals surface area (Å²) in [5, 5.41) is 2.14. The third-order valence-corrected chi connectivity index (χ3v) is 6.05. The van der Waals surface area contributed by atoms with Crippen LogP contribution >= 0.6 is 0 Å². The van der Waals surface area contributed by atoms with Crippen LogP contribution in [0.2, 0.25) is 0 Å². The molecule has 31 heavy (non-hydrogen) atoms. The SMILES string of the molecule is CN(C(=O)c1ccc2c(c1)C(=O)N(CC1CCCO1)C2=O)c1ccc2ccccc2c1. The molecule has 0 radical (unpaired) electrons. The second kappa shape index (κ2) is 7.63. The molecule has 2 heterocycles. The van der Waals surface area contributed by atoms with Gasteiger partial charge in [0.1, 0.15) is 0 Å². The van der Waals surface area contributed by atoms with Gasteiger partial charge in [-0.2, -0.15) is 0 Å². The molecule has 156 valence electrons. The molecule has 1 atom stereocenters. The molecule has 6 heteroatoms. The highest BCUT2D eigenvalue weighted by Gasteiger charge is 2.38. The zero-order valence-corrected chi connectivity index (χ0v) is 17.2. The summed E-state index contributed by atoms with van der Waals surface area (Å²) in [6.07, 6.45) is 1.67. The largest absolute Gasteiger partial charge is 0.376 e. The van der Waals surface area contributed by atoms with Crippen molar-refractivity contribution in [3.63, 3.8) is 0 Å². The van der Waals surface area contributed by atoms with E-state index in [4.69, 9.17) is 4.74 Å². The van der Waals surface area contributed by atoms with Crippen molar-refractivity contribution in [2.75, 3.05) is 25.1 Å². The number of nitrogens with zero attached hydrogens (tertiary/aromatic N) is 2. The van der Waals surface area contributed by atoms with E-state index in [1.165, 1.54) is 11.0 Å². The van der Waals surface area contributed by atoms with Gasteiger partial charge in [-0.3, -0.25) is 19.3 Å². The summed E-state index contributed by atoms with van der Waals surface area (Å²) in [5.41, 5.74) is 1.75. The lowest BCUT2D eigenvalue weighted by Crippen LogP contribution is -2.36. The molecule has 3 aromatic rings. The first-order valence-corrected chi connectivity index (χ1v) is 10.4. The molecule has 3 amide bonds. The molecule has 6 nitrogen and oxygen atoms in total. The van der Waals surface area contributed by atoms with E-state index in [1.54, 1.807) is 24.1 Å². The molecule has 2 aliphatic rings. The van der Waals surface area contributed by atoms with Gasteiger partial charge in [-0.15, -0.1) is 0 Å². The minimum Gasteiger partial charge on any atom is -0.376 e. The number of anilines is 1. The van der Waals surface area contributed by atoms with Crippen molar-refractivity contribution in [3.05, 3.63) is 77.4 Å². The predicted molar refractivity (Wildman–Crippen MR) is 117 cm³/mol. The Kier molecular flexibility index (Phi) is 4.79. The summed E-state index contributed by atoms with van der Waals surface area (Å²) < 4.78 is 5.58. The number of benzene rings is 3. The van der Waals surface area contributed by atoms with Crippen LogP contribution in [0.3, 0.4) is 0 Å². The minimum absolute atomic E-state index is 0.109. The van der Waals surface area contributed by atoms with E-state index in [1.807, 2.05) is 42.5 Å². The molecule has 1 unspecified atom stereocenters. The number of fused-ring (bicyclic) bond motifs is 2. The molecular formula is C25H22N2O4. The van der Waals surface area contributed by atoms with Crippen LogP contribution in [-0.2, 0) is 4.74 Å². The van der Waals surface area contributed by atoms with Crippen molar-refractivity contribution < 1.29 is 19.1 Å². The van der Waals surface area contributed by atoms with Gasteiger partial charge in [-0.05, 0) is 53.9 Å². The topological polar surface area (TPSA) is 66.9 Å². The molecule has 0 bridgehead atoms. The third-order valence-electron chi connectivity index (χ3n) is 6.05. The van der Waals surface area contributed by atoms with E-state index in [0.29, 0.717) is 17.7 Å². The monoisotopic (exact) mass is 414 g/mol. The number of carbonyl (C=O) groups excluding carboxylic acids is 3. The first-order chi connectivity index (χ1) is 15.0. The maximum atomic E-state index is 13.1. The number of rotatable bonds is 4. The lowest BCUT2D eigenvalue weighted by molar-refractivity contribution is 0.0475. The zero-order chi connectivity index (χ0) is 21.5. The van der Waals surface area contributed by atoms with Crippen molar-refractivity contribution in [1.82, 2.24) is 4.90 Å². The van der Waals surface area contributed by atoms with Gasteiger partial charge in [0, 0.05) is 24.9 Å². The number of carbonyl (C=O) groups is 3. The van der Waals surface area contributed by atoms with Gasteiger partial charge in [0.25, 0.3) is 17.7 Å². The number of hydrogen-bond donors (Lipinski definition) is 0. The van der Waals surface area contributed by atoms with Crippen LogP contribution in [0.15, 0.2) is 60.7 Å². The van der Waals surface area contributed by atoms with Crippen LogP contribution in [0.1, 0.15) is 43.9 Å². The predicted octanol–water partition coefficient (Wildman–Crippen LogP) is 3.89. The minimum atomic E-state index is -0.362. The van der Waals surface area contributed by atoms with Crippen LogP contribution < -0.4 is 4.90 Å². The fraction of sp³-hybridized carbons (Fsp3) is 0.240. The highest BCUT2D eigenvalue weighted by molar-refractivity contribution is 6.22. The molecule has 0 saturated carbocycles. The van der Waals surface area contributed by atoms with Crippen molar-refractivity contribution in [2.24, 2.45) is 0 Å². The quantitative estimate of drug-likeness (QED) is 0.608. The number of imide groups is 1. The van der Waals surface area contributed by atoms with Crippen molar-refractivity contribution >= 4 is 34.2 Å². The summed E-state index contributed by atoms with van der Waals surface area (Å²) in [6, 6.07) is 18.5. The first-order valence-electron chi connectivity index (χ1n) is 10.4. The number of amides is 3. The smallest absolute Gasteiger partial charge is 0.261 e. The maximum Gasteiger partial charge on any atom is 0.261 e. The molecule has 3 aromatic carbocycles. The zero-order valence-electron chi connectivity index (χ0n) is 17.2. The van der Waals surface area contributed by atoms with E-state index in [9.17, 15) is 14.4 Å². The first kappa shape index (κ1) is 19.5. The Labute approximate surface area is 180 Å². The van der Waals surface area contributed by atoms with Crippen molar-refractivity contribution in [3.8, 4) is 0 Å². The molecule has 0 N–H and O–H groups in total. The second-order valence-corrected chi connectivity index (χ2v) is 8.01. The number of hydrogen-bond acceptors (Lipinski definition) is 4. The molecule has 0 aromatic heterocycles. The average molecular weight is 414 g/mol. The van der Waals surface area contributed by atoms with Gasteiger partial charge in [-0.1, -0.05) is 30.3 Å². The average Bonchev–Trinajstić information content (AvgIpc) is 3.40. The van der Waals surface area contributed by atoms with Gasteiger partial charge >= 0.3 is 0 Å². The Hall–Kier alpha value is -3.51. The summed E-state index contributed by atoms with van der Waals surface area (Å²) in [4.78, 5) is 41.5. The van der Waals surface area contributed by atoms with Crippen molar-refractivity contribution in [1.29, 1.82) is 0 Å². The Balaban J connectivity index is 1.40. The Morgan fingerprint density at radius 2 is 1.77 bits per heavy atom. The van der Waals surface area contributed by atoms with Crippen LogP contribution in [0.5, 0.6) is 0 Å². The standard InChI is InChI=1S/C25H22N2O4/c1-26(19-10-8-16-5-2-3-6-17(16)13-19)23(28)18-9-11-21-22(14-18)25(30)27(24(21)29)15-20-7-4-12-31-20/h2-3,5-6,8-11,13-14,20H,4,7,12,15H2,1H3. The van der Waals surface area contributed by atoms with E-state index < -0.39 is 0 Å². The highest BCUT2D eigenvalue weighted by Crippen LogP contribution is 2.28. The van der Waals surface area contributed by atoms with Crippen LogP contribution in [0.25, 0.3) is 10.8 Å². The summed E-state index contributed by atoms with van der Waals surface area (Å²) >= 11 is 0. The van der Waals surface area contributed by atoms with Crippen LogP contribution in [0.4, 0.5) is 5.69 Å². The lowest BCUT2D eigenvalue weighted by atomic mass is 10.0. The Morgan fingerprint density at radius 1 is 1.00 bits per heavy atom. The molecule has 1 saturated heterocycles. The summed E-state index contributed by atoms with van der Waals surface area (Å²) in [5.74, 6) is -0.924. The molecule has 2 aliphatic heterocycles. The highest BCUT2D eigenvalue weighted by atomic mass is 16.5. The maximum absolute atomic E-state index is 13.1. The molecule has 0 aliphatic carbocycles. The molecular weight excluding hydrogens is 392 g/mol. The normalized spacial score (nSPS) is 18.0. The molecule has 1 fully saturated rings. The fourth-order valence-electron chi connectivity index (χ4n) is 4.28. The summed E-state index contributed by atoms with van der Waals surface area (Å²) in [7, 11) is 1.70. The Morgan fingerprint density at radius 3 is 2.55 bits per heavy atom. The van der Waals surface area contributed by atoms with E-state index in [0.717, 1.165) is 29.3 Å². The number of ether oxygens (including phenoxy) is 1. The molecule has 5 rings (SSSR count). The third kappa shape index (κ3) is 3.39. The van der Waals surface area contributed by atoms with Crippen molar-refractivity contribution in [2.45, 2.75) is 18.9 Å². The Bertz CT molecular complexity index is 1210. The van der Waals surface area contributed by atoms with Gasteiger partial charge < -0.3 is 9.64 Å². The van der Waals surface area contributed by atoms with Gasteiger partial charge in [0.2, 0.25) is 0 Å². The second-order valence-electron chi connectivity index (χ2n) is 8.01. The van der Waals surface area contributed by atoms with Gasteiger partial charge in [0.05, 0.1) is 23.8 Å². The van der Waals surface area contributed by atoms with Gasteiger partial charge in [0.15, 0.2) is 0 Å². The summed E-state index contributed by atoms with van der Waals surface area (Å²) in [6.45, 7) is 0.917. The van der Waals surface area contributed by atoms with E-state index >= 15 is 0 Å². The lowest BCUT2D eigenvalue weighted by Gasteiger charge is -2.18. The van der Waals surface area contributed by atoms with Crippen LogP contribution in [-0.4, -0.2) is 48.9 Å².